The molecule has 2 aromatic rings. The summed E-state index contributed by atoms with van der Waals surface area (Å²) in [6.45, 7) is 1.43. The van der Waals surface area contributed by atoms with E-state index >= 15 is 0 Å². The van der Waals surface area contributed by atoms with Gasteiger partial charge in [-0.15, -0.1) is 0 Å². The Balaban J connectivity index is 1.97. The minimum absolute atomic E-state index is 0.0695. The van der Waals surface area contributed by atoms with Gasteiger partial charge in [-0.1, -0.05) is 0 Å². The molecule has 3 rings (SSSR count). The molecular formula is C13H14N2O3. The molecule has 18 heavy (non-hydrogen) atoms. The molecule has 1 aliphatic heterocycles. The first kappa shape index (κ1) is 11.1. The molecule has 1 aromatic carbocycles. The number of hydrogen-bond donors (Lipinski definition) is 3. The molecule has 94 valence electrons. The predicted octanol–water partition coefficient (Wildman–Crippen LogP) is 1.32. The van der Waals surface area contributed by atoms with Crippen molar-refractivity contribution in [2.45, 2.75) is 13.0 Å². The summed E-state index contributed by atoms with van der Waals surface area (Å²) in [7, 11) is 0. The van der Waals surface area contributed by atoms with Gasteiger partial charge in [-0.05, 0) is 30.2 Å². The molecule has 0 atom stereocenters. The van der Waals surface area contributed by atoms with Crippen LogP contribution in [0, 0.1) is 0 Å². The largest absolute Gasteiger partial charge is 0.508 e. The molecule has 0 aliphatic carbocycles. The van der Waals surface area contributed by atoms with E-state index in [4.69, 9.17) is 5.11 Å². The number of carbonyl (C=O) groups is 1. The van der Waals surface area contributed by atoms with Gasteiger partial charge in [0.05, 0.1) is 6.54 Å². The van der Waals surface area contributed by atoms with Gasteiger partial charge in [0.2, 0.25) is 0 Å². The van der Waals surface area contributed by atoms with Crippen LogP contribution in [0.25, 0.3) is 10.9 Å². The number of phenols is 1. The van der Waals surface area contributed by atoms with Crippen LogP contribution >= 0.6 is 0 Å². The molecule has 5 heteroatoms. The van der Waals surface area contributed by atoms with Gasteiger partial charge >= 0.3 is 5.97 Å². The molecule has 0 saturated carbocycles. The number of nitrogens with one attached hydrogen (secondary N) is 1. The Morgan fingerprint density at radius 3 is 3.06 bits per heavy atom. The second-order valence-corrected chi connectivity index (χ2v) is 4.67. The molecule has 3 N–H and O–H groups in total. The van der Waals surface area contributed by atoms with E-state index in [2.05, 4.69) is 4.98 Å². The van der Waals surface area contributed by atoms with E-state index in [1.807, 2.05) is 11.0 Å². The topological polar surface area (TPSA) is 76.6 Å². The lowest BCUT2D eigenvalue weighted by molar-refractivity contribution is -0.138. The van der Waals surface area contributed by atoms with E-state index in [1.165, 1.54) is 5.56 Å². The third kappa shape index (κ3) is 1.82. The van der Waals surface area contributed by atoms with Crippen molar-refractivity contribution >= 4 is 16.9 Å². The van der Waals surface area contributed by atoms with Gasteiger partial charge in [-0.2, -0.15) is 0 Å². The molecule has 0 radical (unpaired) electrons. The number of aromatic nitrogens is 1. The van der Waals surface area contributed by atoms with Crippen LogP contribution in [-0.2, 0) is 17.8 Å². The monoisotopic (exact) mass is 246 g/mol. The van der Waals surface area contributed by atoms with Crippen LogP contribution < -0.4 is 0 Å². The highest BCUT2D eigenvalue weighted by atomic mass is 16.4. The summed E-state index contributed by atoms with van der Waals surface area (Å²) in [4.78, 5) is 15.9. The Morgan fingerprint density at radius 2 is 2.28 bits per heavy atom. The maximum absolute atomic E-state index is 10.7. The van der Waals surface area contributed by atoms with E-state index in [1.54, 1.807) is 12.1 Å². The van der Waals surface area contributed by atoms with Crippen LogP contribution in [0.15, 0.2) is 18.2 Å². The van der Waals surface area contributed by atoms with Crippen LogP contribution in [-0.4, -0.2) is 39.2 Å². The van der Waals surface area contributed by atoms with Crippen molar-refractivity contribution in [3.8, 4) is 5.75 Å². The lowest BCUT2D eigenvalue weighted by Crippen LogP contribution is -2.34. The van der Waals surface area contributed by atoms with Crippen LogP contribution in [0.2, 0.25) is 0 Å². The number of hydrogen-bond acceptors (Lipinski definition) is 3. The summed E-state index contributed by atoms with van der Waals surface area (Å²) in [5.41, 5.74) is 3.25. The molecule has 0 spiro atoms. The van der Waals surface area contributed by atoms with Crippen LogP contribution in [0.1, 0.15) is 11.3 Å². The summed E-state index contributed by atoms with van der Waals surface area (Å²) >= 11 is 0. The second-order valence-electron chi connectivity index (χ2n) is 4.67. The number of fused-ring (bicyclic) bond motifs is 3. The standard InChI is InChI=1S/C13H14N2O3/c16-8-1-2-11-10(5-8)9-3-4-15(7-13(17)18)6-12(9)14-11/h1-2,5,14,16H,3-4,6-7H2,(H,17,18). The third-order valence-electron chi connectivity index (χ3n) is 3.40. The molecule has 1 aliphatic rings. The van der Waals surface area contributed by atoms with Gasteiger partial charge in [0.1, 0.15) is 5.75 Å². The molecule has 5 nitrogen and oxygen atoms in total. The second kappa shape index (κ2) is 4.03. The summed E-state index contributed by atoms with van der Waals surface area (Å²) in [5, 5.41) is 19.4. The Bertz CT molecular complexity index is 618. The number of carboxylic acid groups (broad SMARTS) is 1. The highest BCUT2D eigenvalue weighted by Gasteiger charge is 2.21. The first-order valence-electron chi connectivity index (χ1n) is 5.90. The zero-order valence-corrected chi connectivity index (χ0v) is 9.81. The molecule has 0 fully saturated rings. The van der Waals surface area contributed by atoms with Crippen LogP contribution in [0.3, 0.4) is 0 Å². The van der Waals surface area contributed by atoms with E-state index in [0.717, 1.165) is 29.6 Å². The number of benzene rings is 1. The summed E-state index contributed by atoms with van der Waals surface area (Å²) in [5.74, 6) is -0.538. The van der Waals surface area contributed by atoms with Gasteiger partial charge in [0.15, 0.2) is 0 Å². The van der Waals surface area contributed by atoms with Gasteiger partial charge in [-0.25, -0.2) is 0 Å². The van der Waals surface area contributed by atoms with Crippen molar-refractivity contribution in [2.75, 3.05) is 13.1 Å². The maximum Gasteiger partial charge on any atom is 0.317 e. The number of aliphatic carboxylic acids is 1. The van der Waals surface area contributed by atoms with Crippen molar-refractivity contribution in [2.24, 2.45) is 0 Å². The van der Waals surface area contributed by atoms with Gasteiger partial charge in [0, 0.05) is 29.7 Å². The maximum atomic E-state index is 10.7. The lowest BCUT2D eigenvalue weighted by Gasteiger charge is -2.25. The quantitative estimate of drug-likeness (QED) is 0.746. The summed E-state index contributed by atoms with van der Waals surface area (Å²) in [6, 6.07) is 5.27. The van der Waals surface area contributed by atoms with E-state index < -0.39 is 5.97 Å². The highest BCUT2D eigenvalue weighted by molar-refractivity contribution is 5.86. The van der Waals surface area contributed by atoms with Crippen molar-refractivity contribution in [1.29, 1.82) is 0 Å². The molecule has 0 saturated heterocycles. The zero-order chi connectivity index (χ0) is 12.7. The normalized spacial score (nSPS) is 15.8. The molecule has 0 unspecified atom stereocenters. The molecular weight excluding hydrogens is 232 g/mol. The lowest BCUT2D eigenvalue weighted by atomic mass is 10.0. The molecule has 2 heterocycles. The molecule has 0 bridgehead atoms. The Labute approximate surface area is 104 Å². The fraction of sp³-hybridized carbons (Fsp3) is 0.308. The third-order valence-corrected chi connectivity index (χ3v) is 3.40. The number of rotatable bonds is 2. The van der Waals surface area contributed by atoms with Crippen LogP contribution in [0.5, 0.6) is 5.75 Å². The number of aromatic hydroxyl groups is 1. The number of aromatic amines is 1. The minimum atomic E-state index is -0.799. The molecule has 1 aromatic heterocycles. The first-order valence-corrected chi connectivity index (χ1v) is 5.90. The average Bonchev–Trinajstić information content (AvgIpc) is 2.65. The van der Waals surface area contributed by atoms with Gasteiger partial charge in [0.25, 0.3) is 0 Å². The summed E-state index contributed by atoms with van der Waals surface area (Å²) < 4.78 is 0. The Morgan fingerprint density at radius 1 is 1.44 bits per heavy atom. The van der Waals surface area contributed by atoms with E-state index in [9.17, 15) is 9.90 Å². The smallest absolute Gasteiger partial charge is 0.317 e. The number of phenolic OH excluding ortho intramolecular Hbond substituents is 1. The summed E-state index contributed by atoms with van der Waals surface area (Å²) in [6.07, 6.45) is 0.812. The fourth-order valence-corrected chi connectivity index (χ4v) is 2.61. The van der Waals surface area contributed by atoms with E-state index in [0.29, 0.717) is 6.54 Å². The van der Waals surface area contributed by atoms with E-state index in [-0.39, 0.29) is 12.3 Å². The van der Waals surface area contributed by atoms with Gasteiger partial charge < -0.3 is 15.2 Å². The van der Waals surface area contributed by atoms with Gasteiger partial charge in [-0.3, -0.25) is 9.69 Å². The Hall–Kier alpha value is -2.01. The van der Waals surface area contributed by atoms with Crippen LogP contribution in [0.4, 0.5) is 0 Å². The highest BCUT2D eigenvalue weighted by Crippen LogP contribution is 2.29. The predicted molar refractivity (Wildman–Crippen MR) is 66.6 cm³/mol. The zero-order valence-electron chi connectivity index (χ0n) is 9.81. The average molecular weight is 246 g/mol. The first-order chi connectivity index (χ1) is 8.63. The number of carboxylic acids is 1. The van der Waals surface area contributed by atoms with Crippen molar-refractivity contribution in [3.05, 3.63) is 29.5 Å². The van der Waals surface area contributed by atoms with Crippen molar-refractivity contribution in [3.63, 3.8) is 0 Å². The number of nitrogens with zero attached hydrogens (tertiary/aromatic N) is 1. The molecule has 0 amide bonds. The number of H-pyrrole nitrogens is 1. The SMILES string of the molecule is O=C(O)CN1CCc2c([nH]c3ccc(O)cc23)C1. The minimum Gasteiger partial charge on any atom is -0.508 e. The Kier molecular flexibility index (Phi) is 2.48. The fourth-order valence-electron chi connectivity index (χ4n) is 2.61. The van der Waals surface area contributed by atoms with Crippen molar-refractivity contribution < 1.29 is 15.0 Å². The van der Waals surface area contributed by atoms with Crippen molar-refractivity contribution in [1.82, 2.24) is 9.88 Å².